The Hall–Kier alpha value is -2.82. The summed E-state index contributed by atoms with van der Waals surface area (Å²) in [7, 11) is 0. The molecule has 1 aliphatic rings. The maximum absolute atomic E-state index is 9.23. The van der Waals surface area contributed by atoms with Crippen LogP contribution in [-0.4, -0.2) is 18.0 Å². The summed E-state index contributed by atoms with van der Waals surface area (Å²) in [6, 6.07) is 18.0. The first-order valence-electron chi connectivity index (χ1n) is 8.27. The third-order valence-corrected chi connectivity index (χ3v) is 4.37. The molecule has 0 unspecified atom stereocenters. The maximum atomic E-state index is 9.23. The molecule has 2 aromatic carbocycles. The van der Waals surface area contributed by atoms with Crippen molar-refractivity contribution in [3.05, 3.63) is 64.7 Å². The minimum absolute atomic E-state index is 0.502. The van der Waals surface area contributed by atoms with Crippen molar-refractivity contribution in [3.63, 3.8) is 0 Å². The standard InChI is InChI=1S/C20H20N4/c21-12-18-7-4-8-19(13-22)20(18)23-14-16-5-3-6-17(11-16)15-24-9-1-2-10-24/h3-8,11,23H,1-2,9-10,14-15H2. The zero-order chi connectivity index (χ0) is 16.8. The molecule has 1 saturated heterocycles. The van der Waals surface area contributed by atoms with Crippen molar-refractivity contribution in [2.24, 2.45) is 0 Å². The van der Waals surface area contributed by atoms with E-state index >= 15 is 0 Å². The van der Waals surface area contributed by atoms with Crippen LogP contribution in [0.25, 0.3) is 0 Å². The molecule has 3 rings (SSSR count). The van der Waals surface area contributed by atoms with Crippen molar-refractivity contribution >= 4 is 5.69 Å². The van der Waals surface area contributed by atoms with Gasteiger partial charge in [-0.1, -0.05) is 30.3 Å². The molecule has 2 aromatic rings. The average molecular weight is 316 g/mol. The first-order chi connectivity index (χ1) is 11.8. The monoisotopic (exact) mass is 316 g/mol. The normalized spacial score (nSPS) is 14.1. The van der Waals surface area contributed by atoms with E-state index in [9.17, 15) is 10.5 Å². The highest BCUT2D eigenvalue weighted by Crippen LogP contribution is 2.21. The molecule has 0 bridgehead atoms. The van der Waals surface area contributed by atoms with Crippen molar-refractivity contribution in [1.82, 2.24) is 4.90 Å². The fourth-order valence-electron chi connectivity index (χ4n) is 3.16. The number of hydrogen-bond donors (Lipinski definition) is 1. The van der Waals surface area contributed by atoms with Gasteiger partial charge in [0, 0.05) is 13.1 Å². The molecule has 1 N–H and O–H groups in total. The summed E-state index contributed by atoms with van der Waals surface area (Å²) >= 11 is 0. The van der Waals surface area contributed by atoms with E-state index in [0.717, 1.165) is 12.1 Å². The molecule has 120 valence electrons. The minimum atomic E-state index is 0.502. The number of nitriles is 2. The largest absolute Gasteiger partial charge is 0.379 e. The van der Waals surface area contributed by atoms with Gasteiger partial charge in [-0.25, -0.2) is 0 Å². The maximum Gasteiger partial charge on any atom is 0.101 e. The summed E-state index contributed by atoms with van der Waals surface area (Å²) in [5, 5.41) is 21.7. The van der Waals surface area contributed by atoms with Gasteiger partial charge in [0.2, 0.25) is 0 Å². The van der Waals surface area contributed by atoms with Crippen LogP contribution in [0.2, 0.25) is 0 Å². The lowest BCUT2D eigenvalue weighted by molar-refractivity contribution is 0.331. The van der Waals surface area contributed by atoms with Gasteiger partial charge in [0.05, 0.1) is 16.8 Å². The van der Waals surface area contributed by atoms with Crippen molar-refractivity contribution < 1.29 is 0 Å². The van der Waals surface area contributed by atoms with Crippen molar-refractivity contribution in [1.29, 1.82) is 10.5 Å². The van der Waals surface area contributed by atoms with Crippen LogP contribution in [-0.2, 0) is 13.1 Å². The van der Waals surface area contributed by atoms with Crippen molar-refractivity contribution in [2.45, 2.75) is 25.9 Å². The number of anilines is 1. The SMILES string of the molecule is N#Cc1cccc(C#N)c1NCc1cccc(CN2CCCC2)c1. The highest BCUT2D eigenvalue weighted by atomic mass is 15.1. The van der Waals surface area contributed by atoms with Crippen LogP contribution in [0, 0.1) is 22.7 Å². The number of hydrogen-bond acceptors (Lipinski definition) is 4. The van der Waals surface area contributed by atoms with Crippen LogP contribution in [0.5, 0.6) is 0 Å². The lowest BCUT2D eigenvalue weighted by Gasteiger charge is -2.15. The van der Waals surface area contributed by atoms with Gasteiger partial charge in [0.25, 0.3) is 0 Å². The first-order valence-corrected chi connectivity index (χ1v) is 8.27. The summed E-state index contributed by atoms with van der Waals surface area (Å²) in [6.45, 7) is 3.96. The molecule has 4 nitrogen and oxygen atoms in total. The van der Waals surface area contributed by atoms with E-state index in [1.165, 1.54) is 31.5 Å². The van der Waals surface area contributed by atoms with Crippen LogP contribution in [0.1, 0.15) is 35.1 Å². The molecule has 1 aliphatic heterocycles. The second kappa shape index (κ2) is 7.64. The van der Waals surface area contributed by atoms with E-state index in [2.05, 4.69) is 46.6 Å². The summed E-state index contributed by atoms with van der Waals surface area (Å²) in [4.78, 5) is 2.48. The predicted molar refractivity (Wildman–Crippen MR) is 94.2 cm³/mol. The van der Waals surface area contributed by atoms with Crippen LogP contribution in [0.15, 0.2) is 42.5 Å². The zero-order valence-corrected chi connectivity index (χ0v) is 13.6. The Labute approximate surface area is 142 Å². The molecule has 0 atom stereocenters. The number of nitrogens with one attached hydrogen (secondary N) is 1. The molecule has 0 aliphatic carbocycles. The van der Waals surface area contributed by atoms with Crippen LogP contribution >= 0.6 is 0 Å². The molecule has 4 heteroatoms. The number of likely N-dealkylation sites (tertiary alicyclic amines) is 1. The third kappa shape index (κ3) is 3.74. The Kier molecular flexibility index (Phi) is 5.11. The van der Waals surface area contributed by atoms with Crippen LogP contribution < -0.4 is 5.32 Å². The summed E-state index contributed by atoms with van der Waals surface area (Å²) in [6.07, 6.45) is 2.59. The molecule has 0 aromatic heterocycles. The van der Waals surface area contributed by atoms with E-state index in [-0.39, 0.29) is 0 Å². The Balaban J connectivity index is 1.71. The fraction of sp³-hybridized carbons (Fsp3) is 0.300. The van der Waals surface area contributed by atoms with Crippen molar-refractivity contribution in [3.8, 4) is 12.1 Å². The molecule has 24 heavy (non-hydrogen) atoms. The average Bonchev–Trinajstić information content (AvgIpc) is 3.13. The second-order valence-corrected chi connectivity index (χ2v) is 6.11. The summed E-state index contributed by atoms with van der Waals surface area (Å²) < 4.78 is 0. The van der Waals surface area contributed by atoms with Gasteiger partial charge in [0.15, 0.2) is 0 Å². The van der Waals surface area contributed by atoms with Gasteiger partial charge >= 0.3 is 0 Å². The molecular weight excluding hydrogens is 296 g/mol. The van der Waals surface area contributed by atoms with Gasteiger partial charge in [-0.15, -0.1) is 0 Å². The zero-order valence-electron chi connectivity index (χ0n) is 13.6. The van der Waals surface area contributed by atoms with Gasteiger partial charge < -0.3 is 5.32 Å². The Morgan fingerprint density at radius 3 is 2.21 bits per heavy atom. The van der Waals surface area contributed by atoms with Gasteiger partial charge in [-0.3, -0.25) is 4.90 Å². The second-order valence-electron chi connectivity index (χ2n) is 6.11. The highest BCUT2D eigenvalue weighted by molar-refractivity contribution is 5.66. The number of nitrogens with zero attached hydrogens (tertiary/aromatic N) is 3. The lowest BCUT2D eigenvalue weighted by atomic mass is 10.1. The van der Waals surface area contributed by atoms with Crippen LogP contribution in [0.4, 0.5) is 5.69 Å². The number of benzene rings is 2. The molecule has 0 amide bonds. The summed E-state index contributed by atoms with van der Waals surface area (Å²) in [5.74, 6) is 0. The molecular formula is C20H20N4. The topological polar surface area (TPSA) is 62.9 Å². The van der Waals surface area contributed by atoms with Crippen LogP contribution in [0.3, 0.4) is 0 Å². The van der Waals surface area contributed by atoms with Gasteiger partial charge in [-0.05, 0) is 49.2 Å². The molecule has 1 fully saturated rings. The Morgan fingerprint density at radius 1 is 0.917 bits per heavy atom. The Bertz CT molecular complexity index is 760. The van der Waals surface area contributed by atoms with E-state index < -0.39 is 0 Å². The highest BCUT2D eigenvalue weighted by Gasteiger charge is 2.12. The smallest absolute Gasteiger partial charge is 0.101 e. The molecule has 0 radical (unpaired) electrons. The quantitative estimate of drug-likeness (QED) is 0.915. The Morgan fingerprint density at radius 2 is 1.54 bits per heavy atom. The minimum Gasteiger partial charge on any atom is -0.379 e. The molecule has 1 heterocycles. The lowest BCUT2D eigenvalue weighted by Crippen LogP contribution is -2.18. The van der Waals surface area contributed by atoms with Gasteiger partial charge in [-0.2, -0.15) is 10.5 Å². The fourth-order valence-corrected chi connectivity index (χ4v) is 3.16. The predicted octanol–water partition coefficient (Wildman–Crippen LogP) is 3.64. The van der Waals surface area contributed by atoms with E-state index in [0.29, 0.717) is 23.4 Å². The first kappa shape index (κ1) is 16.1. The summed E-state index contributed by atoms with van der Waals surface area (Å²) in [5.41, 5.74) is 4.09. The van der Waals surface area contributed by atoms with E-state index in [4.69, 9.17) is 0 Å². The third-order valence-electron chi connectivity index (χ3n) is 4.37. The molecule has 0 spiro atoms. The van der Waals surface area contributed by atoms with E-state index in [1.54, 1.807) is 18.2 Å². The van der Waals surface area contributed by atoms with Crippen molar-refractivity contribution in [2.75, 3.05) is 18.4 Å². The molecule has 0 saturated carbocycles. The number of para-hydroxylation sites is 1. The van der Waals surface area contributed by atoms with Gasteiger partial charge in [0.1, 0.15) is 12.1 Å². The van der Waals surface area contributed by atoms with E-state index in [1.807, 2.05) is 0 Å². The number of rotatable bonds is 5.